The second kappa shape index (κ2) is 6.18. The van der Waals surface area contributed by atoms with Gasteiger partial charge in [-0.1, -0.05) is 30.3 Å². The molecule has 0 aliphatic heterocycles. The van der Waals surface area contributed by atoms with Crippen LogP contribution in [0.3, 0.4) is 0 Å². The first-order valence-electron chi connectivity index (χ1n) is 6.75. The fraction of sp³-hybridized carbons (Fsp3) is 0.111. The second-order valence-corrected chi connectivity index (χ2v) is 4.62. The lowest BCUT2D eigenvalue weighted by Crippen LogP contribution is -1.97. The summed E-state index contributed by atoms with van der Waals surface area (Å²) in [6.07, 6.45) is 1.65. The van der Waals surface area contributed by atoms with Crippen LogP contribution in [0.15, 0.2) is 71.3 Å². The summed E-state index contributed by atoms with van der Waals surface area (Å²) < 4.78 is 16.6. The van der Waals surface area contributed by atoms with Crippen LogP contribution in [0.2, 0.25) is 0 Å². The maximum atomic E-state index is 5.83. The lowest BCUT2D eigenvalue weighted by Gasteiger charge is -2.11. The van der Waals surface area contributed by atoms with Gasteiger partial charge in [-0.2, -0.15) is 0 Å². The maximum Gasteiger partial charge on any atom is 0.161 e. The van der Waals surface area contributed by atoms with E-state index in [0.717, 1.165) is 22.6 Å². The first kappa shape index (κ1) is 13.3. The van der Waals surface area contributed by atoms with Crippen molar-refractivity contribution in [2.45, 2.75) is 6.61 Å². The van der Waals surface area contributed by atoms with E-state index in [1.165, 1.54) is 0 Å². The van der Waals surface area contributed by atoms with Crippen molar-refractivity contribution in [2.24, 2.45) is 0 Å². The summed E-state index contributed by atoms with van der Waals surface area (Å²) in [5.41, 5.74) is 2.08. The molecular formula is C18H16O3. The van der Waals surface area contributed by atoms with Crippen molar-refractivity contribution in [3.8, 4) is 22.8 Å². The Morgan fingerprint density at radius 3 is 2.48 bits per heavy atom. The molecule has 0 aliphatic carbocycles. The molecule has 1 aromatic heterocycles. The van der Waals surface area contributed by atoms with Crippen LogP contribution in [0, 0.1) is 0 Å². The fourth-order valence-corrected chi connectivity index (χ4v) is 2.12. The quantitative estimate of drug-likeness (QED) is 0.688. The van der Waals surface area contributed by atoms with Crippen LogP contribution in [0.25, 0.3) is 11.3 Å². The smallest absolute Gasteiger partial charge is 0.161 e. The van der Waals surface area contributed by atoms with Gasteiger partial charge < -0.3 is 13.9 Å². The van der Waals surface area contributed by atoms with Crippen molar-refractivity contribution in [1.82, 2.24) is 0 Å². The largest absolute Gasteiger partial charge is 0.493 e. The van der Waals surface area contributed by atoms with E-state index in [0.29, 0.717) is 12.4 Å². The van der Waals surface area contributed by atoms with Crippen LogP contribution in [0.1, 0.15) is 5.56 Å². The zero-order valence-electron chi connectivity index (χ0n) is 11.8. The number of methoxy groups -OCH3 is 1. The average Bonchev–Trinajstić information content (AvgIpc) is 3.08. The number of hydrogen-bond donors (Lipinski definition) is 0. The van der Waals surface area contributed by atoms with E-state index in [1.54, 1.807) is 13.4 Å². The molecule has 2 aromatic carbocycles. The molecule has 0 atom stereocenters. The number of ether oxygens (including phenoxy) is 2. The molecule has 21 heavy (non-hydrogen) atoms. The molecule has 0 saturated heterocycles. The predicted octanol–water partition coefficient (Wildman–Crippen LogP) is 4.53. The Hall–Kier alpha value is -2.68. The van der Waals surface area contributed by atoms with Gasteiger partial charge in [0.15, 0.2) is 11.5 Å². The Morgan fingerprint density at radius 1 is 0.905 bits per heavy atom. The van der Waals surface area contributed by atoms with Gasteiger partial charge >= 0.3 is 0 Å². The van der Waals surface area contributed by atoms with Crippen LogP contribution in [-0.2, 0) is 6.61 Å². The van der Waals surface area contributed by atoms with Gasteiger partial charge in [-0.05, 0) is 35.9 Å². The highest BCUT2D eigenvalue weighted by Gasteiger charge is 2.08. The summed E-state index contributed by atoms with van der Waals surface area (Å²) in [6.45, 7) is 0.511. The van der Waals surface area contributed by atoms with Crippen molar-refractivity contribution < 1.29 is 13.9 Å². The van der Waals surface area contributed by atoms with Crippen molar-refractivity contribution in [2.75, 3.05) is 7.11 Å². The molecule has 0 spiro atoms. The third kappa shape index (κ3) is 3.08. The minimum Gasteiger partial charge on any atom is -0.493 e. The monoisotopic (exact) mass is 280 g/mol. The highest BCUT2D eigenvalue weighted by atomic mass is 16.5. The molecule has 0 aliphatic rings. The van der Waals surface area contributed by atoms with Crippen molar-refractivity contribution in [3.05, 3.63) is 72.5 Å². The molecule has 3 nitrogen and oxygen atoms in total. The minimum atomic E-state index is 0.511. The number of hydrogen-bond acceptors (Lipinski definition) is 3. The summed E-state index contributed by atoms with van der Waals surface area (Å²) >= 11 is 0. The summed E-state index contributed by atoms with van der Waals surface area (Å²) in [5.74, 6) is 2.22. The van der Waals surface area contributed by atoms with Gasteiger partial charge in [-0.25, -0.2) is 0 Å². The molecule has 0 unspecified atom stereocenters. The zero-order chi connectivity index (χ0) is 14.5. The van der Waals surface area contributed by atoms with E-state index in [-0.39, 0.29) is 0 Å². The molecule has 106 valence electrons. The molecular weight excluding hydrogens is 264 g/mol. The summed E-state index contributed by atoms with van der Waals surface area (Å²) in [6, 6.07) is 19.6. The molecule has 3 rings (SSSR count). The van der Waals surface area contributed by atoms with Crippen molar-refractivity contribution in [3.63, 3.8) is 0 Å². The summed E-state index contributed by atoms with van der Waals surface area (Å²) in [5, 5.41) is 0. The van der Waals surface area contributed by atoms with E-state index in [9.17, 15) is 0 Å². The number of benzene rings is 2. The lowest BCUT2D eigenvalue weighted by atomic mass is 10.1. The Balaban J connectivity index is 1.79. The van der Waals surface area contributed by atoms with Crippen LogP contribution < -0.4 is 9.47 Å². The Bertz CT molecular complexity index is 688. The zero-order valence-corrected chi connectivity index (χ0v) is 11.8. The topological polar surface area (TPSA) is 31.6 Å². The van der Waals surface area contributed by atoms with Crippen LogP contribution in [0.4, 0.5) is 0 Å². The molecule has 0 saturated carbocycles. The Kier molecular flexibility index (Phi) is 3.92. The van der Waals surface area contributed by atoms with E-state index in [1.807, 2.05) is 60.7 Å². The molecule has 3 heteroatoms. The average molecular weight is 280 g/mol. The van der Waals surface area contributed by atoms with E-state index < -0.39 is 0 Å². The Labute approximate surface area is 123 Å². The number of rotatable bonds is 5. The van der Waals surface area contributed by atoms with E-state index in [2.05, 4.69) is 0 Å². The highest BCUT2D eigenvalue weighted by Crippen LogP contribution is 2.33. The number of furan rings is 1. The second-order valence-electron chi connectivity index (χ2n) is 4.62. The predicted molar refractivity (Wildman–Crippen MR) is 81.5 cm³/mol. The van der Waals surface area contributed by atoms with Gasteiger partial charge in [-0.3, -0.25) is 0 Å². The molecule has 0 N–H and O–H groups in total. The van der Waals surface area contributed by atoms with Crippen molar-refractivity contribution in [1.29, 1.82) is 0 Å². The first-order chi connectivity index (χ1) is 10.4. The summed E-state index contributed by atoms with van der Waals surface area (Å²) in [7, 11) is 1.64. The lowest BCUT2D eigenvalue weighted by molar-refractivity contribution is 0.284. The van der Waals surface area contributed by atoms with Gasteiger partial charge in [-0.15, -0.1) is 0 Å². The maximum absolute atomic E-state index is 5.83. The van der Waals surface area contributed by atoms with Gasteiger partial charge in [0.05, 0.1) is 13.4 Å². The van der Waals surface area contributed by atoms with Crippen molar-refractivity contribution >= 4 is 0 Å². The summed E-state index contributed by atoms with van der Waals surface area (Å²) in [4.78, 5) is 0. The first-order valence-corrected chi connectivity index (χ1v) is 6.75. The standard InChI is InChI=1S/C18H16O3/c1-19-18-12-15(16-8-5-11-20-16)9-10-17(18)21-13-14-6-3-2-4-7-14/h2-12H,13H2,1H3. The molecule has 3 aromatic rings. The fourth-order valence-electron chi connectivity index (χ4n) is 2.12. The molecule has 0 fully saturated rings. The van der Waals surface area contributed by atoms with E-state index >= 15 is 0 Å². The van der Waals surface area contributed by atoms with E-state index in [4.69, 9.17) is 13.9 Å². The molecule has 0 bridgehead atoms. The van der Waals surface area contributed by atoms with Crippen LogP contribution in [-0.4, -0.2) is 7.11 Å². The normalized spacial score (nSPS) is 10.3. The van der Waals surface area contributed by atoms with Gasteiger partial charge in [0, 0.05) is 5.56 Å². The molecule has 0 amide bonds. The van der Waals surface area contributed by atoms with Gasteiger partial charge in [0.2, 0.25) is 0 Å². The SMILES string of the molecule is COc1cc(-c2ccco2)ccc1OCc1ccccc1. The highest BCUT2D eigenvalue weighted by molar-refractivity contribution is 5.62. The van der Waals surface area contributed by atoms with Crippen LogP contribution >= 0.6 is 0 Å². The van der Waals surface area contributed by atoms with Gasteiger partial charge in [0.25, 0.3) is 0 Å². The molecule has 1 heterocycles. The third-order valence-corrected chi connectivity index (χ3v) is 3.21. The third-order valence-electron chi connectivity index (χ3n) is 3.21. The minimum absolute atomic E-state index is 0.511. The van der Waals surface area contributed by atoms with Crippen LogP contribution in [0.5, 0.6) is 11.5 Å². The Morgan fingerprint density at radius 2 is 1.76 bits per heavy atom. The molecule has 0 radical (unpaired) electrons. The van der Waals surface area contributed by atoms with Gasteiger partial charge in [0.1, 0.15) is 12.4 Å².